The van der Waals surface area contributed by atoms with Gasteiger partial charge in [0.2, 0.25) is 0 Å². The van der Waals surface area contributed by atoms with Crippen LogP contribution in [-0.4, -0.2) is 79.0 Å². The predicted octanol–water partition coefficient (Wildman–Crippen LogP) is 1.58. The van der Waals surface area contributed by atoms with Crippen LogP contribution in [-0.2, 0) is 0 Å². The third-order valence-corrected chi connectivity index (χ3v) is 4.78. The summed E-state index contributed by atoms with van der Waals surface area (Å²) in [5.74, 6) is 0.154. The first-order chi connectivity index (χ1) is 11.0. The number of carbonyl (C=O) groups is 1. The van der Waals surface area contributed by atoms with Gasteiger partial charge in [0, 0.05) is 57.0 Å². The van der Waals surface area contributed by atoms with Crippen LogP contribution in [0.1, 0.15) is 24.2 Å². The highest BCUT2D eigenvalue weighted by atomic mass is 16.2. The minimum Gasteiger partial charge on any atom is -0.382 e. The van der Waals surface area contributed by atoms with Crippen molar-refractivity contribution in [2.75, 3.05) is 51.6 Å². The molecule has 0 saturated carbocycles. The summed E-state index contributed by atoms with van der Waals surface area (Å²) < 4.78 is 0. The van der Waals surface area contributed by atoms with Gasteiger partial charge in [-0.15, -0.1) is 0 Å². The molecular weight excluding hydrogens is 288 g/mol. The Morgan fingerprint density at radius 1 is 1.13 bits per heavy atom. The minimum absolute atomic E-state index is 0.154. The van der Waals surface area contributed by atoms with E-state index in [4.69, 9.17) is 0 Å². The van der Waals surface area contributed by atoms with Crippen molar-refractivity contribution in [2.24, 2.45) is 0 Å². The molecule has 3 rings (SSSR count). The second-order valence-electron chi connectivity index (χ2n) is 7.05. The van der Waals surface area contributed by atoms with E-state index in [1.54, 1.807) is 0 Å². The molecule has 1 aromatic carbocycles. The maximum Gasteiger partial charge on any atom is 0.256 e. The van der Waals surface area contributed by atoms with E-state index in [-0.39, 0.29) is 5.91 Å². The zero-order valence-electron chi connectivity index (χ0n) is 14.5. The SMILES string of the molecule is CC(C)Nc1ccccc1C(=O)N1CCN2CCN(C)CC2C1. The number of piperazine rings is 2. The van der Waals surface area contributed by atoms with E-state index < -0.39 is 0 Å². The van der Waals surface area contributed by atoms with E-state index in [1.165, 1.54) is 0 Å². The number of nitrogens with one attached hydrogen (secondary N) is 1. The van der Waals surface area contributed by atoms with Crippen molar-refractivity contribution >= 4 is 11.6 Å². The maximum atomic E-state index is 13.0. The van der Waals surface area contributed by atoms with Crippen molar-refractivity contribution in [3.8, 4) is 0 Å². The maximum absolute atomic E-state index is 13.0. The molecule has 1 aromatic rings. The average Bonchev–Trinajstić information content (AvgIpc) is 2.53. The van der Waals surface area contributed by atoms with Crippen molar-refractivity contribution in [1.82, 2.24) is 14.7 Å². The first kappa shape index (κ1) is 16.3. The van der Waals surface area contributed by atoms with Crippen molar-refractivity contribution in [2.45, 2.75) is 25.9 Å². The second kappa shape index (κ2) is 6.89. The lowest BCUT2D eigenvalue weighted by Crippen LogP contribution is -2.62. The number of likely N-dealkylation sites (N-methyl/N-ethyl adjacent to an activating group) is 1. The van der Waals surface area contributed by atoms with Crippen LogP contribution < -0.4 is 5.32 Å². The Balaban J connectivity index is 1.73. The summed E-state index contributed by atoms with van der Waals surface area (Å²) in [5, 5.41) is 3.39. The molecule has 2 saturated heterocycles. The summed E-state index contributed by atoms with van der Waals surface area (Å²) in [5.41, 5.74) is 1.73. The minimum atomic E-state index is 0.154. The van der Waals surface area contributed by atoms with Gasteiger partial charge in [0.15, 0.2) is 0 Å². The van der Waals surface area contributed by atoms with Gasteiger partial charge in [-0.25, -0.2) is 0 Å². The first-order valence-electron chi connectivity index (χ1n) is 8.62. The van der Waals surface area contributed by atoms with Crippen LogP contribution in [0.3, 0.4) is 0 Å². The lowest BCUT2D eigenvalue weighted by molar-refractivity contribution is 0.0190. The largest absolute Gasteiger partial charge is 0.382 e. The molecular formula is C18H28N4O. The van der Waals surface area contributed by atoms with Crippen molar-refractivity contribution in [3.63, 3.8) is 0 Å². The number of para-hydroxylation sites is 1. The van der Waals surface area contributed by atoms with Crippen LogP contribution >= 0.6 is 0 Å². The molecule has 0 radical (unpaired) electrons. The van der Waals surface area contributed by atoms with E-state index in [9.17, 15) is 4.79 Å². The molecule has 1 amide bonds. The number of hydrogen-bond acceptors (Lipinski definition) is 4. The third kappa shape index (κ3) is 3.67. The molecule has 0 spiro atoms. The number of anilines is 1. The number of hydrogen-bond donors (Lipinski definition) is 1. The fraction of sp³-hybridized carbons (Fsp3) is 0.611. The number of rotatable bonds is 3. The van der Waals surface area contributed by atoms with Gasteiger partial charge < -0.3 is 15.1 Å². The number of fused-ring (bicyclic) bond motifs is 1. The Kier molecular flexibility index (Phi) is 4.87. The summed E-state index contributed by atoms with van der Waals surface area (Å²) in [6.07, 6.45) is 0. The molecule has 23 heavy (non-hydrogen) atoms. The molecule has 0 bridgehead atoms. The molecule has 1 N–H and O–H groups in total. The molecule has 5 nitrogen and oxygen atoms in total. The molecule has 0 aliphatic carbocycles. The molecule has 5 heteroatoms. The molecule has 2 fully saturated rings. The Morgan fingerprint density at radius 2 is 1.87 bits per heavy atom. The van der Waals surface area contributed by atoms with Gasteiger partial charge in [-0.2, -0.15) is 0 Å². The molecule has 2 aliphatic heterocycles. The molecule has 2 heterocycles. The van der Waals surface area contributed by atoms with Gasteiger partial charge in [0.25, 0.3) is 5.91 Å². The zero-order chi connectivity index (χ0) is 16.4. The van der Waals surface area contributed by atoms with E-state index >= 15 is 0 Å². The Morgan fingerprint density at radius 3 is 2.65 bits per heavy atom. The standard InChI is InChI=1S/C18H28N4O/c1-14(2)19-17-7-5-4-6-16(17)18(23)22-11-10-21-9-8-20(3)12-15(21)13-22/h4-7,14-15,19H,8-13H2,1-3H3. The number of nitrogens with zero attached hydrogens (tertiary/aromatic N) is 3. The van der Waals surface area contributed by atoms with Crippen LogP contribution in [0, 0.1) is 0 Å². The molecule has 2 aliphatic rings. The summed E-state index contributed by atoms with van der Waals surface area (Å²) in [4.78, 5) is 19.9. The van der Waals surface area contributed by atoms with Gasteiger partial charge in [0.05, 0.1) is 5.56 Å². The van der Waals surface area contributed by atoms with E-state index in [1.807, 2.05) is 29.2 Å². The molecule has 0 aromatic heterocycles. The van der Waals surface area contributed by atoms with Crippen molar-refractivity contribution < 1.29 is 4.79 Å². The Labute approximate surface area is 139 Å². The zero-order valence-corrected chi connectivity index (χ0v) is 14.5. The topological polar surface area (TPSA) is 38.8 Å². The van der Waals surface area contributed by atoms with E-state index in [0.29, 0.717) is 12.1 Å². The quantitative estimate of drug-likeness (QED) is 0.919. The highest BCUT2D eigenvalue weighted by molar-refractivity contribution is 5.99. The lowest BCUT2D eigenvalue weighted by atomic mass is 10.1. The van der Waals surface area contributed by atoms with Crippen LogP contribution in [0.15, 0.2) is 24.3 Å². The average molecular weight is 316 g/mol. The Bertz CT molecular complexity index is 560. The fourth-order valence-corrected chi connectivity index (χ4v) is 3.57. The van der Waals surface area contributed by atoms with Gasteiger partial charge >= 0.3 is 0 Å². The summed E-state index contributed by atoms with van der Waals surface area (Å²) in [6.45, 7) is 10.1. The Hall–Kier alpha value is -1.59. The van der Waals surface area contributed by atoms with Crippen LogP contribution in [0.2, 0.25) is 0 Å². The summed E-state index contributed by atoms with van der Waals surface area (Å²) >= 11 is 0. The van der Waals surface area contributed by atoms with E-state index in [0.717, 1.165) is 50.5 Å². The normalized spacial score (nSPS) is 23.0. The fourth-order valence-electron chi connectivity index (χ4n) is 3.57. The molecule has 126 valence electrons. The highest BCUT2D eigenvalue weighted by Gasteiger charge is 2.33. The lowest BCUT2D eigenvalue weighted by Gasteiger charge is -2.46. The van der Waals surface area contributed by atoms with Crippen LogP contribution in [0.5, 0.6) is 0 Å². The summed E-state index contributed by atoms with van der Waals surface area (Å²) in [6, 6.07) is 8.65. The van der Waals surface area contributed by atoms with Crippen molar-refractivity contribution in [1.29, 1.82) is 0 Å². The predicted molar refractivity (Wildman–Crippen MR) is 94.0 cm³/mol. The molecule has 1 unspecified atom stereocenters. The second-order valence-corrected chi connectivity index (χ2v) is 7.05. The van der Waals surface area contributed by atoms with Gasteiger partial charge in [-0.05, 0) is 33.0 Å². The molecule has 1 atom stereocenters. The van der Waals surface area contributed by atoms with Gasteiger partial charge in [0.1, 0.15) is 0 Å². The van der Waals surface area contributed by atoms with Gasteiger partial charge in [-0.3, -0.25) is 9.69 Å². The summed E-state index contributed by atoms with van der Waals surface area (Å²) in [7, 11) is 2.17. The smallest absolute Gasteiger partial charge is 0.256 e. The number of benzene rings is 1. The first-order valence-corrected chi connectivity index (χ1v) is 8.62. The van der Waals surface area contributed by atoms with Crippen LogP contribution in [0.4, 0.5) is 5.69 Å². The highest BCUT2D eigenvalue weighted by Crippen LogP contribution is 2.21. The van der Waals surface area contributed by atoms with Crippen molar-refractivity contribution in [3.05, 3.63) is 29.8 Å². The third-order valence-electron chi connectivity index (χ3n) is 4.78. The monoisotopic (exact) mass is 316 g/mol. The van der Waals surface area contributed by atoms with Crippen LogP contribution in [0.25, 0.3) is 0 Å². The number of amides is 1. The van der Waals surface area contributed by atoms with E-state index in [2.05, 4.69) is 36.0 Å². The number of carbonyl (C=O) groups excluding carboxylic acids is 1. The van der Waals surface area contributed by atoms with Gasteiger partial charge in [-0.1, -0.05) is 12.1 Å².